The summed E-state index contributed by atoms with van der Waals surface area (Å²) in [6.45, 7) is 2.14. The van der Waals surface area contributed by atoms with Gasteiger partial charge in [0, 0.05) is 24.3 Å². The molecular formula is C12H13N5S. The van der Waals surface area contributed by atoms with Crippen molar-refractivity contribution in [3.63, 3.8) is 0 Å². The lowest BCUT2D eigenvalue weighted by atomic mass is 10.3. The Morgan fingerprint density at radius 1 is 1.39 bits per heavy atom. The molecule has 3 rings (SSSR count). The SMILES string of the molecule is CCc1cc2c(-n3cccn3)nc(NC)nc2s1. The second-order valence-electron chi connectivity index (χ2n) is 3.86. The Bertz CT molecular complexity index is 671. The molecule has 5 nitrogen and oxygen atoms in total. The van der Waals surface area contributed by atoms with Crippen LogP contribution in [0.2, 0.25) is 0 Å². The average Bonchev–Trinajstić information content (AvgIpc) is 3.05. The van der Waals surface area contributed by atoms with Gasteiger partial charge >= 0.3 is 0 Å². The van der Waals surface area contributed by atoms with Gasteiger partial charge in [0.05, 0.1) is 5.39 Å². The molecule has 3 aromatic heterocycles. The number of aromatic nitrogens is 4. The van der Waals surface area contributed by atoms with E-state index >= 15 is 0 Å². The summed E-state index contributed by atoms with van der Waals surface area (Å²) in [4.78, 5) is 11.3. The molecule has 6 heteroatoms. The highest BCUT2D eigenvalue weighted by Crippen LogP contribution is 2.29. The van der Waals surface area contributed by atoms with Crippen molar-refractivity contribution in [1.82, 2.24) is 19.7 Å². The number of aryl methyl sites for hydroxylation is 1. The third-order valence-corrected chi connectivity index (χ3v) is 3.89. The minimum atomic E-state index is 0.623. The molecule has 0 bridgehead atoms. The van der Waals surface area contributed by atoms with Gasteiger partial charge in [-0.3, -0.25) is 0 Å². The average molecular weight is 259 g/mol. The van der Waals surface area contributed by atoms with Crippen LogP contribution in [0.5, 0.6) is 0 Å². The Hall–Kier alpha value is -1.95. The zero-order valence-electron chi connectivity index (χ0n) is 10.2. The van der Waals surface area contributed by atoms with E-state index in [4.69, 9.17) is 0 Å². The molecule has 92 valence electrons. The van der Waals surface area contributed by atoms with Gasteiger partial charge in [0.15, 0.2) is 5.82 Å². The highest BCUT2D eigenvalue weighted by atomic mass is 32.1. The summed E-state index contributed by atoms with van der Waals surface area (Å²) in [5.74, 6) is 1.45. The number of nitrogens with zero attached hydrogens (tertiary/aromatic N) is 4. The van der Waals surface area contributed by atoms with Crippen LogP contribution in [0.1, 0.15) is 11.8 Å². The van der Waals surface area contributed by atoms with E-state index in [0.717, 1.165) is 22.5 Å². The van der Waals surface area contributed by atoms with Gasteiger partial charge in [-0.05, 0) is 18.6 Å². The summed E-state index contributed by atoms with van der Waals surface area (Å²) >= 11 is 1.71. The third-order valence-electron chi connectivity index (χ3n) is 2.72. The van der Waals surface area contributed by atoms with Gasteiger partial charge in [-0.1, -0.05) is 6.92 Å². The van der Waals surface area contributed by atoms with Crippen LogP contribution < -0.4 is 5.32 Å². The highest BCUT2D eigenvalue weighted by molar-refractivity contribution is 7.18. The number of nitrogens with one attached hydrogen (secondary N) is 1. The summed E-state index contributed by atoms with van der Waals surface area (Å²) in [6.07, 6.45) is 4.65. The Labute approximate surface area is 109 Å². The molecule has 0 saturated heterocycles. The largest absolute Gasteiger partial charge is 0.357 e. The molecule has 0 aliphatic carbocycles. The predicted molar refractivity (Wildman–Crippen MR) is 73.5 cm³/mol. The molecule has 1 N–H and O–H groups in total. The van der Waals surface area contributed by atoms with E-state index in [1.165, 1.54) is 4.88 Å². The second kappa shape index (κ2) is 4.38. The summed E-state index contributed by atoms with van der Waals surface area (Å²) in [7, 11) is 1.82. The smallest absolute Gasteiger partial charge is 0.225 e. The maximum Gasteiger partial charge on any atom is 0.225 e. The quantitative estimate of drug-likeness (QED) is 0.785. The minimum absolute atomic E-state index is 0.623. The van der Waals surface area contributed by atoms with Crippen LogP contribution in [0.3, 0.4) is 0 Å². The molecule has 3 aromatic rings. The van der Waals surface area contributed by atoms with Gasteiger partial charge < -0.3 is 5.32 Å². The van der Waals surface area contributed by atoms with Crippen LogP contribution in [0, 0.1) is 0 Å². The van der Waals surface area contributed by atoms with Gasteiger partial charge in [-0.2, -0.15) is 10.1 Å². The summed E-state index contributed by atoms with van der Waals surface area (Å²) in [5.41, 5.74) is 0. The first kappa shape index (κ1) is 11.2. The summed E-state index contributed by atoms with van der Waals surface area (Å²) in [6, 6.07) is 4.04. The molecule has 3 heterocycles. The van der Waals surface area contributed by atoms with Gasteiger partial charge in [-0.25, -0.2) is 9.67 Å². The Morgan fingerprint density at radius 3 is 2.94 bits per heavy atom. The lowest BCUT2D eigenvalue weighted by Crippen LogP contribution is -2.03. The molecule has 0 unspecified atom stereocenters. The zero-order valence-corrected chi connectivity index (χ0v) is 11.0. The first-order valence-electron chi connectivity index (χ1n) is 5.80. The lowest BCUT2D eigenvalue weighted by molar-refractivity contribution is 0.853. The van der Waals surface area contributed by atoms with Crippen molar-refractivity contribution in [3.05, 3.63) is 29.4 Å². The van der Waals surface area contributed by atoms with E-state index in [1.54, 1.807) is 22.2 Å². The maximum atomic E-state index is 4.49. The lowest BCUT2D eigenvalue weighted by Gasteiger charge is -2.04. The predicted octanol–water partition coefficient (Wildman–Crippen LogP) is 2.48. The fraction of sp³-hybridized carbons (Fsp3) is 0.250. The number of fused-ring (bicyclic) bond motifs is 1. The van der Waals surface area contributed by atoms with Crippen LogP contribution >= 0.6 is 11.3 Å². The highest BCUT2D eigenvalue weighted by Gasteiger charge is 2.12. The molecular weight excluding hydrogens is 246 g/mol. The van der Waals surface area contributed by atoms with Crippen molar-refractivity contribution in [2.24, 2.45) is 0 Å². The fourth-order valence-electron chi connectivity index (χ4n) is 1.81. The number of anilines is 1. The van der Waals surface area contributed by atoms with Crippen LogP contribution in [0.4, 0.5) is 5.95 Å². The number of hydrogen-bond donors (Lipinski definition) is 1. The summed E-state index contributed by atoms with van der Waals surface area (Å²) in [5, 5.41) is 8.30. The zero-order chi connectivity index (χ0) is 12.5. The Balaban J connectivity index is 2.30. The van der Waals surface area contributed by atoms with E-state index in [2.05, 4.69) is 33.4 Å². The normalized spacial score (nSPS) is 11.0. The van der Waals surface area contributed by atoms with E-state index in [0.29, 0.717) is 5.95 Å². The van der Waals surface area contributed by atoms with E-state index in [1.807, 2.05) is 19.3 Å². The van der Waals surface area contributed by atoms with Crippen LogP contribution in [0.15, 0.2) is 24.5 Å². The summed E-state index contributed by atoms with van der Waals surface area (Å²) < 4.78 is 1.77. The van der Waals surface area contributed by atoms with Crippen molar-refractivity contribution in [2.75, 3.05) is 12.4 Å². The van der Waals surface area contributed by atoms with E-state index in [9.17, 15) is 0 Å². The minimum Gasteiger partial charge on any atom is -0.357 e. The van der Waals surface area contributed by atoms with Gasteiger partial charge in [0.1, 0.15) is 4.83 Å². The molecule has 0 aliphatic rings. The number of rotatable bonds is 3. The van der Waals surface area contributed by atoms with Gasteiger partial charge in [-0.15, -0.1) is 11.3 Å². The molecule has 0 aliphatic heterocycles. The third kappa shape index (κ3) is 1.74. The Kier molecular flexibility index (Phi) is 2.71. The van der Waals surface area contributed by atoms with Crippen molar-refractivity contribution in [2.45, 2.75) is 13.3 Å². The first-order valence-corrected chi connectivity index (χ1v) is 6.61. The second-order valence-corrected chi connectivity index (χ2v) is 4.97. The van der Waals surface area contributed by atoms with Crippen molar-refractivity contribution < 1.29 is 0 Å². The van der Waals surface area contributed by atoms with Crippen molar-refractivity contribution in [1.29, 1.82) is 0 Å². The molecule has 0 saturated carbocycles. The van der Waals surface area contributed by atoms with E-state index < -0.39 is 0 Å². The standard InChI is InChI=1S/C12H13N5S/c1-3-8-7-9-10(17-6-4-5-14-17)15-12(13-2)16-11(9)18-8/h4-7H,3H2,1-2H3,(H,13,15,16). The molecule has 0 radical (unpaired) electrons. The molecule has 0 spiro atoms. The number of hydrogen-bond acceptors (Lipinski definition) is 5. The molecule has 0 aromatic carbocycles. The maximum absolute atomic E-state index is 4.49. The van der Waals surface area contributed by atoms with Crippen LogP contribution in [-0.4, -0.2) is 26.8 Å². The van der Waals surface area contributed by atoms with Crippen LogP contribution in [0.25, 0.3) is 16.0 Å². The molecule has 0 amide bonds. The fourth-order valence-corrected chi connectivity index (χ4v) is 2.77. The molecule has 0 fully saturated rings. The van der Waals surface area contributed by atoms with Crippen LogP contribution in [-0.2, 0) is 6.42 Å². The first-order chi connectivity index (χ1) is 8.81. The monoisotopic (exact) mass is 259 g/mol. The molecule has 0 atom stereocenters. The van der Waals surface area contributed by atoms with Gasteiger partial charge in [0.2, 0.25) is 5.95 Å². The van der Waals surface area contributed by atoms with E-state index in [-0.39, 0.29) is 0 Å². The van der Waals surface area contributed by atoms with Crippen molar-refractivity contribution in [3.8, 4) is 5.82 Å². The topological polar surface area (TPSA) is 55.6 Å². The Morgan fingerprint density at radius 2 is 2.28 bits per heavy atom. The number of thiophene rings is 1. The van der Waals surface area contributed by atoms with Crippen molar-refractivity contribution >= 4 is 27.5 Å². The molecule has 18 heavy (non-hydrogen) atoms. The van der Waals surface area contributed by atoms with Gasteiger partial charge in [0.25, 0.3) is 0 Å².